The smallest absolute Gasteiger partial charge is 0.255 e. The number of hydrogen-bond acceptors (Lipinski definition) is 4. The highest BCUT2D eigenvalue weighted by Gasteiger charge is 2.21. The van der Waals surface area contributed by atoms with Crippen molar-refractivity contribution in [3.63, 3.8) is 0 Å². The fraction of sp³-hybridized carbons (Fsp3) is 0.136. The lowest BCUT2D eigenvalue weighted by molar-refractivity contribution is 0.102. The molecule has 0 saturated carbocycles. The highest BCUT2D eigenvalue weighted by molar-refractivity contribution is 7.92. The van der Waals surface area contributed by atoms with Crippen LogP contribution in [-0.4, -0.2) is 27.7 Å². The summed E-state index contributed by atoms with van der Waals surface area (Å²) in [5.74, 6) is 0.0522. The van der Waals surface area contributed by atoms with Crippen LogP contribution in [0.5, 0.6) is 5.75 Å². The molecule has 0 unspecified atom stereocenters. The molecule has 3 aromatic rings. The maximum Gasteiger partial charge on any atom is 0.255 e. The second-order valence-corrected chi connectivity index (χ2v) is 9.97. The lowest BCUT2D eigenvalue weighted by Crippen LogP contribution is -2.29. The van der Waals surface area contributed by atoms with Gasteiger partial charge in [-0.05, 0) is 54.6 Å². The molecule has 10 heteroatoms. The van der Waals surface area contributed by atoms with Crippen LogP contribution >= 0.6 is 34.8 Å². The molecular formula is C22H19Cl3N2O4S. The first kappa shape index (κ1) is 24.2. The van der Waals surface area contributed by atoms with Crippen LogP contribution in [0.25, 0.3) is 0 Å². The molecule has 1 N–H and O–H groups in total. The van der Waals surface area contributed by atoms with Crippen LogP contribution in [0, 0.1) is 0 Å². The Balaban J connectivity index is 1.86. The number of hydrogen-bond donors (Lipinski definition) is 1. The summed E-state index contributed by atoms with van der Waals surface area (Å²) in [6.07, 6.45) is 1.09. The van der Waals surface area contributed by atoms with Gasteiger partial charge in [-0.3, -0.25) is 9.10 Å². The monoisotopic (exact) mass is 512 g/mol. The summed E-state index contributed by atoms with van der Waals surface area (Å²) < 4.78 is 31.3. The number of carbonyl (C=O) groups excluding carboxylic acids is 1. The highest BCUT2D eigenvalue weighted by atomic mass is 35.5. The van der Waals surface area contributed by atoms with Gasteiger partial charge in [-0.2, -0.15) is 0 Å². The van der Waals surface area contributed by atoms with Gasteiger partial charge in [-0.25, -0.2) is 8.42 Å². The molecule has 168 valence electrons. The average molecular weight is 514 g/mol. The third-order valence-electron chi connectivity index (χ3n) is 4.59. The minimum Gasteiger partial charge on any atom is -0.495 e. The van der Waals surface area contributed by atoms with Gasteiger partial charge < -0.3 is 10.1 Å². The van der Waals surface area contributed by atoms with E-state index in [0.29, 0.717) is 43.3 Å². The van der Waals surface area contributed by atoms with Crippen molar-refractivity contribution >= 4 is 62.1 Å². The summed E-state index contributed by atoms with van der Waals surface area (Å²) in [6, 6.07) is 15.9. The first-order chi connectivity index (χ1) is 15.1. The summed E-state index contributed by atoms with van der Waals surface area (Å²) in [5, 5.41) is 3.90. The Hall–Kier alpha value is -2.45. The van der Waals surface area contributed by atoms with E-state index >= 15 is 0 Å². The SMILES string of the molecule is COc1ccc(Cl)cc1NC(=O)c1ccc(N(Cc2c(Cl)cccc2Cl)S(C)(=O)=O)cc1. The van der Waals surface area contributed by atoms with E-state index in [-0.39, 0.29) is 6.54 Å². The normalized spacial score (nSPS) is 11.2. The van der Waals surface area contributed by atoms with E-state index in [1.54, 1.807) is 36.4 Å². The molecular weight excluding hydrogens is 495 g/mol. The van der Waals surface area contributed by atoms with Crippen molar-refractivity contribution in [1.29, 1.82) is 0 Å². The van der Waals surface area contributed by atoms with Crippen molar-refractivity contribution in [3.8, 4) is 5.75 Å². The molecule has 32 heavy (non-hydrogen) atoms. The van der Waals surface area contributed by atoms with Gasteiger partial charge in [0.15, 0.2) is 0 Å². The number of carbonyl (C=O) groups is 1. The third-order valence-corrected chi connectivity index (χ3v) is 6.67. The summed E-state index contributed by atoms with van der Waals surface area (Å²) in [4.78, 5) is 12.7. The Bertz CT molecular complexity index is 1230. The molecule has 0 spiro atoms. The van der Waals surface area contributed by atoms with Crippen LogP contribution in [-0.2, 0) is 16.6 Å². The first-order valence-electron chi connectivity index (χ1n) is 9.25. The van der Waals surface area contributed by atoms with Gasteiger partial charge in [0.05, 0.1) is 31.3 Å². The van der Waals surface area contributed by atoms with Crippen LogP contribution in [0.15, 0.2) is 60.7 Å². The van der Waals surface area contributed by atoms with E-state index < -0.39 is 15.9 Å². The Morgan fingerprint density at radius 2 is 1.62 bits per heavy atom. The van der Waals surface area contributed by atoms with Gasteiger partial charge in [-0.15, -0.1) is 0 Å². The zero-order valence-corrected chi connectivity index (χ0v) is 20.2. The zero-order valence-electron chi connectivity index (χ0n) is 17.1. The Kier molecular flexibility index (Phi) is 7.56. The molecule has 0 heterocycles. The van der Waals surface area contributed by atoms with Crippen molar-refractivity contribution < 1.29 is 17.9 Å². The number of ether oxygens (including phenoxy) is 1. The van der Waals surface area contributed by atoms with Gasteiger partial charge in [0.2, 0.25) is 10.0 Å². The molecule has 0 radical (unpaired) electrons. The van der Waals surface area contributed by atoms with Crippen LogP contribution < -0.4 is 14.4 Å². The Morgan fingerprint density at radius 3 is 2.19 bits per heavy atom. The topological polar surface area (TPSA) is 75.7 Å². The van der Waals surface area contributed by atoms with Gasteiger partial charge in [-0.1, -0.05) is 40.9 Å². The molecule has 0 aliphatic heterocycles. The molecule has 0 atom stereocenters. The summed E-state index contributed by atoms with van der Waals surface area (Å²) in [7, 11) is -2.18. The van der Waals surface area contributed by atoms with Crippen molar-refractivity contribution in [3.05, 3.63) is 86.9 Å². The van der Waals surface area contributed by atoms with Crippen LogP contribution in [0.1, 0.15) is 15.9 Å². The molecule has 6 nitrogen and oxygen atoms in total. The van der Waals surface area contributed by atoms with Crippen LogP contribution in [0.3, 0.4) is 0 Å². The predicted octanol–water partition coefficient (Wildman–Crippen LogP) is 5.87. The number of halogens is 3. The molecule has 3 aromatic carbocycles. The fourth-order valence-corrected chi connectivity index (χ4v) is 4.54. The average Bonchev–Trinajstić information content (AvgIpc) is 2.73. The van der Waals surface area contributed by atoms with Crippen molar-refractivity contribution in [2.45, 2.75) is 6.54 Å². The zero-order chi connectivity index (χ0) is 23.5. The molecule has 0 aromatic heterocycles. The van der Waals surface area contributed by atoms with Gasteiger partial charge in [0, 0.05) is 26.2 Å². The lowest BCUT2D eigenvalue weighted by atomic mass is 10.1. The number of methoxy groups -OCH3 is 1. The van der Waals surface area contributed by atoms with Crippen molar-refractivity contribution in [1.82, 2.24) is 0 Å². The minimum absolute atomic E-state index is 0.0530. The number of nitrogens with one attached hydrogen (secondary N) is 1. The maximum atomic E-state index is 12.7. The Labute approximate surface area is 201 Å². The minimum atomic E-state index is -3.66. The number of benzene rings is 3. The Morgan fingerprint density at radius 1 is 1.00 bits per heavy atom. The largest absolute Gasteiger partial charge is 0.495 e. The van der Waals surface area contributed by atoms with E-state index in [0.717, 1.165) is 6.26 Å². The number of sulfonamides is 1. The van der Waals surface area contributed by atoms with Gasteiger partial charge in [0.25, 0.3) is 5.91 Å². The quantitative estimate of drug-likeness (QED) is 0.428. The van der Waals surface area contributed by atoms with Gasteiger partial charge >= 0.3 is 0 Å². The second kappa shape index (κ2) is 10.0. The van der Waals surface area contributed by atoms with Crippen molar-refractivity contribution in [2.24, 2.45) is 0 Å². The maximum absolute atomic E-state index is 12.7. The first-order valence-corrected chi connectivity index (χ1v) is 12.2. The van der Waals surface area contributed by atoms with E-state index in [9.17, 15) is 13.2 Å². The molecule has 0 aliphatic carbocycles. The molecule has 0 bridgehead atoms. The predicted molar refractivity (Wildman–Crippen MR) is 130 cm³/mol. The van der Waals surface area contributed by atoms with E-state index in [2.05, 4.69) is 5.32 Å². The summed E-state index contributed by atoms with van der Waals surface area (Å²) in [5.41, 5.74) is 1.58. The highest BCUT2D eigenvalue weighted by Crippen LogP contribution is 2.30. The summed E-state index contributed by atoms with van der Waals surface area (Å²) >= 11 is 18.4. The van der Waals surface area contributed by atoms with Crippen LogP contribution in [0.2, 0.25) is 15.1 Å². The van der Waals surface area contributed by atoms with Crippen LogP contribution in [0.4, 0.5) is 11.4 Å². The fourth-order valence-electron chi connectivity index (χ4n) is 2.98. The number of nitrogens with zero attached hydrogens (tertiary/aromatic N) is 1. The molecule has 1 amide bonds. The molecule has 0 aliphatic rings. The van der Waals surface area contributed by atoms with E-state index in [4.69, 9.17) is 39.5 Å². The van der Waals surface area contributed by atoms with Gasteiger partial charge in [0.1, 0.15) is 5.75 Å². The number of amides is 1. The second-order valence-electron chi connectivity index (χ2n) is 6.82. The number of anilines is 2. The van der Waals surface area contributed by atoms with E-state index in [1.165, 1.54) is 35.7 Å². The summed E-state index contributed by atoms with van der Waals surface area (Å²) in [6.45, 7) is -0.0530. The molecule has 3 rings (SSSR count). The standard InChI is InChI=1S/C22H19Cl3N2O4S/c1-31-21-11-8-15(23)12-20(21)26-22(28)14-6-9-16(10-7-14)27(32(2,29)30)13-17-18(24)4-3-5-19(17)25/h3-12H,13H2,1-2H3,(H,26,28). The number of rotatable bonds is 7. The lowest BCUT2D eigenvalue weighted by Gasteiger charge is -2.23. The molecule has 0 saturated heterocycles. The van der Waals surface area contributed by atoms with Crippen molar-refractivity contribution in [2.75, 3.05) is 23.0 Å². The van der Waals surface area contributed by atoms with E-state index in [1.807, 2.05) is 0 Å². The third kappa shape index (κ3) is 5.66. The molecule has 0 fully saturated rings.